The number of aliphatic carboxylic acids is 1. The number of rotatable bonds is 13. The van der Waals surface area contributed by atoms with Gasteiger partial charge >= 0.3 is 5.97 Å². The average Bonchev–Trinajstić information content (AvgIpc) is 3.55. The lowest BCUT2D eigenvalue weighted by Crippen LogP contribution is -2.58. The van der Waals surface area contributed by atoms with Gasteiger partial charge in [-0.2, -0.15) is 0 Å². The van der Waals surface area contributed by atoms with E-state index in [0.717, 1.165) is 32.9 Å². The molecule has 0 aliphatic rings. The lowest BCUT2D eigenvalue weighted by molar-refractivity contribution is -0.141. The number of hydrogen-bond donors (Lipinski definition) is 7. The minimum Gasteiger partial charge on any atom is -0.480 e. The first-order valence-corrected chi connectivity index (χ1v) is 14.0. The van der Waals surface area contributed by atoms with Gasteiger partial charge in [-0.05, 0) is 42.5 Å². The van der Waals surface area contributed by atoms with Crippen molar-refractivity contribution in [2.75, 3.05) is 0 Å². The van der Waals surface area contributed by atoms with Crippen LogP contribution in [-0.4, -0.2) is 62.9 Å². The van der Waals surface area contributed by atoms with Crippen LogP contribution >= 0.6 is 0 Å². The van der Waals surface area contributed by atoms with Crippen molar-refractivity contribution in [1.82, 2.24) is 25.9 Å². The lowest BCUT2D eigenvalue weighted by atomic mass is 10.00. The summed E-state index contributed by atoms with van der Waals surface area (Å²) in [6, 6.07) is 11.0. The highest BCUT2D eigenvalue weighted by molar-refractivity contribution is 5.95. The first-order chi connectivity index (χ1) is 20.0. The summed E-state index contributed by atoms with van der Waals surface area (Å²) in [5.74, 6) is -2.75. The third-order valence-corrected chi connectivity index (χ3v) is 7.26. The topological polar surface area (TPSA) is 182 Å². The highest BCUT2D eigenvalue weighted by Crippen LogP contribution is 2.21. The SMILES string of the molecule is CC(C)CC(N)C(=O)NC(Cc1c[nH]c2ccccc12)C(=O)NC(Cc1c[nH]c2ccccc12)C(=O)NC(C)C(=O)O. The maximum Gasteiger partial charge on any atom is 0.325 e. The molecular weight excluding hydrogens is 536 g/mol. The van der Waals surface area contributed by atoms with Crippen molar-refractivity contribution < 1.29 is 24.3 Å². The highest BCUT2D eigenvalue weighted by Gasteiger charge is 2.31. The van der Waals surface area contributed by atoms with Crippen LogP contribution in [-0.2, 0) is 32.0 Å². The van der Waals surface area contributed by atoms with Gasteiger partial charge in [-0.1, -0.05) is 50.2 Å². The number of fused-ring (bicyclic) bond motifs is 2. The van der Waals surface area contributed by atoms with Gasteiger partial charge in [0.2, 0.25) is 17.7 Å². The van der Waals surface area contributed by atoms with Gasteiger partial charge in [0.25, 0.3) is 0 Å². The molecule has 11 heteroatoms. The maximum atomic E-state index is 13.8. The number of carbonyl (C=O) groups is 4. The van der Waals surface area contributed by atoms with Gasteiger partial charge in [-0.3, -0.25) is 19.2 Å². The second-order valence-corrected chi connectivity index (χ2v) is 11.1. The standard InChI is InChI=1S/C31H38N6O5/c1-17(2)12-23(32)28(38)36-27(14-20-16-34-25-11-7-5-9-22(20)25)30(40)37-26(29(39)35-18(3)31(41)42)13-19-15-33-24-10-6-4-8-21(19)24/h4-11,15-18,23,26-27,33-34H,12-14,32H2,1-3H3,(H,35,39)(H,36,38)(H,37,40)(H,41,42). The Kier molecular flexibility index (Phi) is 9.64. The molecule has 0 aliphatic heterocycles. The lowest BCUT2D eigenvalue weighted by Gasteiger charge is -2.25. The Hall–Kier alpha value is -4.64. The molecule has 4 unspecified atom stereocenters. The summed E-state index contributed by atoms with van der Waals surface area (Å²) in [5, 5.41) is 19.2. The fraction of sp³-hybridized carbons (Fsp3) is 0.355. The van der Waals surface area contributed by atoms with Gasteiger partial charge in [-0.15, -0.1) is 0 Å². The zero-order valence-corrected chi connectivity index (χ0v) is 23.9. The smallest absolute Gasteiger partial charge is 0.325 e. The number of nitrogens with one attached hydrogen (secondary N) is 5. The fourth-order valence-electron chi connectivity index (χ4n) is 5.00. The predicted octanol–water partition coefficient (Wildman–Crippen LogP) is 2.37. The quantitative estimate of drug-likeness (QED) is 0.129. The number of para-hydroxylation sites is 2. The summed E-state index contributed by atoms with van der Waals surface area (Å²) < 4.78 is 0. The molecule has 0 bridgehead atoms. The molecule has 4 rings (SSSR count). The number of carboxylic acid groups (broad SMARTS) is 1. The molecule has 3 amide bonds. The number of aromatic amines is 2. The van der Waals surface area contributed by atoms with Crippen LogP contribution in [0, 0.1) is 5.92 Å². The summed E-state index contributed by atoms with van der Waals surface area (Å²) in [6.45, 7) is 5.26. The van der Waals surface area contributed by atoms with Gasteiger partial charge in [0.1, 0.15) is 18.1 Å². The van der Waals surface area contributed by atoms with Gasteiger partial charge < -0.3 is 36.8 Å². The minimum absolute atomic E-state index is 0.0918. The molecule has 222 valence electrons. The number of benzene rings is 2. The second kappa shape index (κ2) is 13.3. The summed E-state index contributed by atoms with van der Waals surface area (Å²) >= 11 is 0. The largest absolute Gasteiger partial charge is 0.480 e. The van der Waals surface area contributed by atoms with Crippen LogP contribution in [0.4, 0.5) is 0 Å². The fourth-order valence-corrected chi connectivity index (χ4v) is 5.00. The Morgan fingerprint density at radius 1 is 0.738 bits per heavy atom. The van der Waals surface area contributed by atoms with Crippen LogP contribution in [0.2, 0.25) is 0 Å². The van der Waals surface area contributed by atoms with Gasteiger partial charge in [0.05, 0.1) is 6.04 Å². The molecule has 11 nitrogen and oxygen atoms in total. The van der Waals surface area contributed by atoms with Crippen LogP contribution in [0.5, 0.6) is 0 Å². The molecule has 4 atom stereocenters. The predicted molar refractivity (Wildman–Crippen MR) is 161 cm³/mol. The van der Waals surface area contributed by atoms with Crippen LogP contribution in [0.3, 0.4) is 0 Å². The highest BCUT2D eigenvalue weighted by atomic mass is 16.4. The molecule has 2 aromatic carbocycles. The van der Waals surface area contributed by atoms with E-state index in [-0.39, 0.29) is 18.8 Å². The Bertz CT molecular complexity index is 1570. The van der Waals surface area contributed by atoms with E-state index in [1.54, 1.807) is 12.4 Å². The van der Waals surface area contributed by atoms with E-state index in [1.807, 2.05) is 62.4 Å². The third kappa shape index (κ3) is 7.35. The second-order valence-electron chi connectivity index (χ2n) is 11.1. The van der Waals surface area contributed by atoms with E-state index in [1.165, 1.54) is 6.92 Å². The molecule has 0 radical (unpaired) electrons. The zero-order chi connectivity index (χ0) is 30.4. The number of aromatic nitrogens is 2. The Labute approximate surface area is 243 Å². The number of carboxylic acids is 1. The van der Waals surface area contributed by atoms with Crippen molar-refractivity contribution in [3.05, 3.63) is 72.1 Å². The summed E-state index contributed by atoms with van der Waals surface area (Å²) in [4.78, 5) is 58.0. The van der Waals surface area contributed by atoms with Gasteiger partial charge in [-0.25, -0.2) is 0 Å². The number of hydrogen-bond acceptors (Lipinski definition) is 5. The molecule has 0 fully saturated rings. The molecule has 2 heterocycles. The molecule has 2 aromatic heterocycles. The molecule has 42 heavy (non-hydrogen) atoms. The first-order valence-electron chi connectivity index (χ1n) is 14.0. The Morgan fingerprint density at radius 2 is 1.19 bits per heavy atom. The van der Waals surface area contributed by atoms with Crippen molar-refractivity contribution in [2.45, 2.75) is 64.2 Å². The monoisotopic (exact) mass is 574 g/mol. The van der Waals surface area contributed by atoms with Gasteiger partial charge in [0, 0.05) is 47.0 Å². The van der Waals surface area contributed by atoms with Crippen LogP contribution in [0.1, 0.15) is 38.3 Å². The molecular formula is C31H38N6O5. The van der Waals surface area contributed by atoms with E-state index in [4.69, 9.17) is 5.73 Å². The van der Waals surface area contributed by atoms with E-state index in [0.29, 0.717) is 6.42 Å². The molecule has 0 saturated heterocycles. The number of nitrogens with two attached hydrogens (primary N) is 1. The molecule has 0 saturated carbocycles. The number of H-pyrrole nitrogens is 2. The van der Waals surface area contributed by atoms with Crippen LogP contribution in [0.25, 0.3) is 21.8 Å². The summed E-state index contributed by atoms with van der Waals surface area (Å²) in [6.07, 6.45) is 4.22. The molecule has 0 aliphatic carbocycles. The van der Waals surface area contributed by atoms with E-state index < -0.39 is 47.9 Å². The van der Waals surface area contributed by atoms with Crippen molar-refractivity contribution >= 4 is 45.5 Å². The van der Waals surface area contributed by atoms with Gasteiger partial charge in [0.15, 0.2) is 0 Å². The Balaban J connectivity index is 1.62. The van der Waals surface area contributed by atoms with Crippen molar-refractivity contribution in [1.29, 1.82) is 0 Å². The Morgan fingerprint density at radius 3 is 1.67 bits per heavy atom. The van der Waals surface area contributed by atoms with Crippen molar-refractivity contribution in [2.24, 2.45) is 11.7 Å². The zero-order valence-electron chi connectivity index (χ0n) is 23.9. The average molecular weight is 575 g/mol. The number of amides is 3. The maximum absolute atomic E-state index is 13.8. The van der Waals surface area contributed by atoms with E-state index >= 15 is 0 Å². The number of carbonyl (C=O) groups excluding carboxylic acids is 3. The van der Waals surface area contributed by atoms with Crippen molar-refractivity contribution in [3.8, 4) is 0 Å². The van der Waals surface area contributed by atoms with E-state index in [9.17, 15) is 24.3 Å². The van der Waals surface area contributed by atoms with Crippen LogP contribution < -0.4 is 21.7 Å². The molecule has 4 aromatic rings. The molecule has 0 spiro atoms. The summed E-state index contributed by atoms with van der Waals surface area (Å²) in [7, 11) is 0. The molecule has 8 N–H and O–H groups in total. The third-order valence-electron chi connectivity index (χ3n) is 7.26. The summed E-state index contributed by atoms with van der Waals surface area (Å²) in [5.41, 5.74) is 9.45. The minimum atomic E-state index is -1.20. The van der Waals surface area contributed by atoms with E-state index in [2.05, 4.69) is 25.9 Å². The normalized spacial score (nSPS) is 14.3. The van der Waals surface area contributed by atoms with Crippen molar-refractivity contribution in [3.63, 3.8) is 0 Å². The van der Waals surface area contributed by atoms with Crippen LogP contribution in [0.15, 0.2) is 60.9 Å². The first kappa shape index (κ1) is 30.3.